The number of aromatic amines is 1. The average Bonchev–Trinajstić information content (AvgIpc) is 3.66. The quantitative estimate of drug-likeness (QED) is 0.322. The number of pyridine rings is 1. The van der Waals surface area contributed by atoms with Crippen LogP contribution in [0.3, 0.4) is 0 Å². The van der Waals surface area contributed by atoms with Gasteiger partial charge in [-0.05, 0) is 75.2 Å². The molecule has 4 heterocycles. The number of anilines is 1. The fourth-order valence-corrected chi connectivity index (χ4v) is 7.08. The van der Waals surface area contributed by atoms with E-state index in [4.69, 9.17) is 0 Å². The summed E-state index contributed by atoms with van der Waals surface area (Å²) in [5, 5.41) is 18.8. The van der Waals surface area contributed by atoms with Crippen molar-refractivity contribution in [1.29, 1.82) is 5.26 Å². The number of nitriles is 1. The molecule has 0 radical (unpaired) electrons. The lowest BCUT2D eigenvalue weighted by Crippen LogP contribution is -2.54. The molecule has 2 aliphatic heterocycles. The summed E-state index contributed by atoms with van der Waals surface area (Å²) in [5.41, 5.74) is 3.23. The van der Waals surface area contributed by atoms with Gasteiger partial charge in [0.15, 0.2) is 5.82 Å². The van der Waals surface area contributed by atoms with Crippen LogP contribution < -0.4 is 10.5 Å². The van der Waals surface area contributed by atoms with Crippen molar-refractivity contribution in [2.45, 2.75) is 45.3 Å². The zero-order valence-electron chi connectivity index (χ0n) is 25.4. The zero-order valence-corrected chi connectivity index (χ0v) is 25.4. The molecule has 4 aromatic rings. The van der Waals surface area contributed by atoms with Crippen LogP contribution >= 0.6 is 0 Å². The summed E-state index contributed by atoms with van der Waals surface area (Å²) in [5.74, 6) is -0.710. The maximum Gasteiger partial charge on any atom is 0.271 e. The molecule has 2 fully saturated rings. The fourth-order valence-electron chi connectivity index (χ4n) is 7.08. The Bertz CT molecular complexity index is 1930. The Morgan fingerprint density at radius 2 is 2.02 bits per heavy atom. The number of fused-ring (bicyclic) bond motifs is 2. The number of aromatic nitrogens is 3. The zero-order chi connectivity index (χ0) is 31.3. The minimum Gasteiger partial charge on any atom is -0.366 e. The highest BCUT2D eigenvalue weighted by Crippen LogP contribution is 2.42. The predicted octanol–water partition coefficient (Wildman–Crippen LogP) is 4.82. The second-order valence-corrected chi connectivity index (χ2v) is 11.9. The Morgan fingerprint density at radius 3 is 2.68 bits per heavy atom. The molecule has 0 saturated carbocycles. The Labute approximate surface area is 255 Å². The van der Waals surface area contributed by atoms with E-state index in [1.807, 2.05) is 44.0 Å². The Kier molecular flexibility index (Phi) is 7.59. The van der Waals surface area contributed by atoms with Gasteiger partial charge in [0.2, 0.25) is 5.91 Å². The molecule has 9 nitrogen and oxygen atoms in total. The van der Waals surface area contributed by atoms with Crippen molar-refractivity contribution < 1.29 is 9.18 Å². The molecular formula is C34H36FN7O2. The summed E-state index contributed by atoms with van der Waals surface area (Å²) in [6, 6.07) is 7.68. The van der Waals surface area contributed by atoms with Crippen LogP contribution in [0.5, 0.6) is 0 Å². The Hall–Kier alpha value is -4.75. The van der Waals surface area contributed by atoms with Crippen molar-refractivity contribution >= 4 is 39.5 Å². The van der Waals surface area contributed by atoms with E-state index >= 15 is 4.39 Å². The minimum atomic E-state index is -0.536. The number of benzene rings is 2. The number of amides is 1. The van der Waals surface area contributed by atoms with Gasteiger partial charge in [0.25, 0.3) is 5.56 Å². The monoisotopic (exact) mass is 593 g/mol. The van der Waals surface area contributed by atoms with E-state index in [1.54, 1.807) is 17.2 Å². The number of carbonyl (C=O) groups is 1. The van der Waals surface area contributed by atoms with Crippen LogP contribution in [0, 0.1) is 24.1 Å². The highest BCUT2D eigenvalue weighted by Gasteiger charge is 2.33. The molecule has 2 aromatic heterocycles. The van der Waals surface area contributed by atoms with Gasteiger partial charge in [0.05, 0.1) is 22.9 Å². The molecule has 0 bridgehead atoms. The van der Waals surface area contributed by atoms with Crippen molar-refractivity contribution in [1.82, 2.24) is 24.6 Å². The summed E-state index contributed by atoms with van der Waals surface area (Å²) in [4.78, 5) is 32.6. The number of H-pyrrole nitrogens is 1. The molecule has 226 valence electrons. The number of carbonyl (C=O) groups excluding carboxylic acids is 1. The first kappa shape index (κ1) is 29.3. The number of piperazine rings is 1. The average molecular weight is 594 g/mol. The second kappa shape index (κ2) is 11.4. The molecule has 2 saturated heterocycles. The smallest absolute Gasteiger partial charge is 0.271 e. The largest absolute Gasteiger partial charge is 0.366 e. The number of likely N-dealkylation sites (N-methyl/N-ethyl adjacent to an activating group) is 1. The third kappa shape index (κ3) is 4.59. The third-order valence-electron chi connectivity index (χ3n) is 9.37. The minimum absolute atomic E-state index is 0.0240. The summed E-state index contributed by atoms with van der Waals surface area (Å²) in [6.45, 7) is 13.8. The van der Waals surface area contributed by atoms with Gasteiger partial charge < -0.3 is 19.3 Å². The normalized spacial score (nSPS) is 19.1. The highest BCUT2D eigenvalue weighted by atomic mass is 19.1. The number of halogens is 1. The molecule has 2 aromatic carbocycles. The van der Waals surface area contributed by atoms with Gasteiger partial charge in [-0.3, -0.25) is 14.7 Å². The number of hydrogen-bond donors (Lipinski definition) is 1. The van der Waals surface area contributed by atoms with Gasteiger partial charge in [0, 0.05) is 54.6 Å². The topological polar surface area (TPSA) is 101 Å². The Morgan fingerprint density at radius 1 is 1.23 bits per heavy atom. The van der Waals surface area contributed by atoms with Gasteiger partial charge in [-0.25, -0.2) is 4.39 Å². The second-order valence-electron chi connectivity index (χ2n) is 11.9. The van der Waals surface area contributed by atoms with Crippen molar-refractivity contribution in [3.63, 3.8) is 0 Å². The van der Waals surface area contributed by atoms with Crippen LogP contribution in [0.1, 0.15) is 36.5 Å². The lowest BCUT2D eigenvalue weighted by atomic mass is 9.90. The molecule has 6 rings (SSSR count). The van der Waals surface area contributed by atoms with Crippen LogP contribution in [0.2, 0.25) is 0 Å². The molecular weight excluding hydrogens is 557 g/mol. The van der Waals surface area contributed by atoms with Crippen LogP contribution in [-0.4, -0.2) is 75.8 Å². The molecule has 10 heteroatoms. The first-order valence-corrected chi connectivity index (χ1v) is 15.0. The number of nitrogens with one attached hydrogen (secondary N) is 1. The maximum atomic E-state index is 17.5. The van der Waals surface area contributed by atoms with Crippen LogP contribution in [0.15, 0.2) is 48.4 Å². The van der Waals surface area contributed by atoms with E-state index in [9.17, 15) is 14.9 Å². The van der Waals surface area contributed by atoms with Gasteiger partial charge in [-0.1, -0.05) is 25.3 Å². The van der Waals surface area contributed by atoms with Gasteiger partial charge in [0.1, 0.15) is 11.6 Å². The number of rotatable bonds is 6. The van der Waals surface area contributed by atoms with Crippen LogP contribution in [0.25, 0.3) is 39.0 Å². The van der Waals surface area contributed by atoms with E-state index in [0.29, 0.717) is 47.4 Å². The first-order valence-electron chi connectivity index (χ1n) is 15.0. The van der Waals surface area contributed by atoms with Crippen molar-refractivity contribution in [2.24, 2.45) is 0 Å². The molecule has 44 heavy (non-hydrogen) atoms. The van der Waals surface area contributed by atoms with Crippen molar-refractivity contribution in [3.8, 4) is 17.2 Å². The summed E-state index contributed by atoms with van der Waals surface area (Å²) in [7, 11) is 2.01. The standard InChI is InChI=1S/C34H36FN7O2/c1-6-22-15-24-32(40-13-14-41(21(4)18-40)28(43)7-2)25(16-36)34(44)42(19-23-9-8-12-39(23)5)33(24)31(35)30(22)29-20(3)10-11-27-26(29)17-37-38-27/h6-7,10-11,15,17,21,23H,1-2,8-9,12-14,18-19H2,3-5H3,(H,37,38)/t21-,23+/m1/s1. The Balaban J connectivity index is 1.67. The highest BCUT2D eigenvalue weighted by molar-refractivity contribution is 6.05. The van der Waals surface area contributed by atoms with Crippen LogP contribution in [-0.2, 0) is 11.3 Å². The van der Waals surface area contributed by atoms with Crippen molar-refractivity contribution in [3.05, 3.63) is 76.5 Å². The van der Waals surface area contributed by atoms with Crippen LogP contribution in [0.4, 0.5) is 10.1 Å². The maximum absolute atomic E-state index is 17.5. The number of nitrogens with zero attached hydrogens (tertiary/aromatic N) is 6. The fraction of sp³-hybridized carbons (Fsp3) is 0.353. The van der Waals surface area contributed by atoms with E-state index in [2.05, 4.69) is 34.3 Å². The molecule has 0 spiro atoms. The number of likely N-dealkylation sites (tertiary alicyclic amines) is 1. The predicted molar refractivity (Wildman–Crippen MR) is 172 cm³/mol. The lowest BCUT2D eigenvalue weighted by Gasteiger charge is -2.41. The molecule has 0 aliphatic carbocycles. The molecule has 1 N–H and O–H groups in total. The number of aryl methyl sites for hydroxylation is 1. The van der Waals surface area contributed by atoms with E-state index in [1.165, 1.54) is 10.6 Å². The van der Waals surface area contributed by atoms with Gasteiger partial charge >= 0.3 is 0 Å². The number of hydrogen-bond acceptors (Lipinski definition) is 6. The summed E-state index contributed by atoms with van der Waals surface area (Å²) < 4.78 is 19.0. The summed E-state index contributed by atoms with van der Waals surface area (Å²) >= 11 is 0. The van der Waals surface area contributed by atoms with Gasteiger partial charge in [-0.15, -0.1) is 0 Å². The van der Waals surface area contributed by atoms with E-state index in [0.717, 1.165) is 35.9 Å². The van der Waals surface area contributed by atoms with E-state index in [-0.39, 0.29) is 35.6 Å². The summed E-state index contributed by atoms with van der Waals surface area (Å²) in [6.07, 6.45) is 6.45. The molecule has 1 amide bonds. The third-order valence-corrected chi connectivity index (χ3v) is 9.37. The lowest BCUT2D eigenvalue weighted by molar-refractivity contribution is -0.128. The first-order chi connectivity index (χ1) is 21.2. The van der Waals surface area contributed by atoms with Crippen molar-refractivity contribution in [2.75, 3.05) is 38.1 Å². The van der Waals surface area contributed by atoms with E-state index < -0.39 is 11.4 Å². The SMILES string of the molecule is C=CC(=O)N1CCN(c2c(C#N)c(=O)n(C[C@@H]3CCCN3C)c3c(F)c(-c4c(C)ccc5[nH]ncc45)c(C=C)cc23)C[C@H]1C. The molecule has 2 atom stereocenters. The molecule has 2 aliphatic rings. The molecule has 0 unspecified atom stereocenters. The van der Waals surface area contributed by atoms with Gasteiger partial charge in [-0.2, -0.15) is 10.4 Å².